The Morgan fingerprint density at radius 3 is 3.09 bits per heavy atom. The van der Waals surface area contributed by atoms with E-state index in [9.17, 15) is 4.79 Å². The van der Waals surface area contributed by atoms with Gasteiger partial charge in [-0.05, 0) is 6.92 Å². The minimum Gasteiger partial charge on any atom is -0.462 e. The molecular weight excluding hydrogens is 168 g/mol. The number of aromatic nitrogens is 2. The lowest BCUT2D eigenvalue weighted by molar-refractivity contribution is 0.0526. The fraction of sp³-hybridized carbons (Fsp3) is 0.333. The van der Waals surface area contributed by atoms with Gasteiger partial charge in [-0.1, -0.05) is 11.6 Å². The van der Waals surface area contributed by atoms with Crippen molar-refractivity contribution in [3.8, 4) is 0 Å². The monoisotopic (exact) mass is 174 g/mol. The molecule has 1 heterocycles. The van der Waals surface area contributed by atoms with Gasteiger partial charge in [0.2, 0.25) is 0 Å². The highest BCUT2D eigenvalue weighted by Gasteiger charge is 2.12. The number of halogens is 1. The summed E-state index contributed by atoms with van der Waals surface area (Å²) in [6.45, 7) is 2.06. The summed E-state index contributed by atoms with van der Waals surface area (Å²) < 4.78 is 4.68. The number of H-pyrrole nitrogens is 1. The predicted octanol–water partition coefficient (Wildman–Crippen LogP) is 1.24. The lowest BCUT2D eigenvalue weighted by atomic mass is 10.4. The molecule has 0 amide bonds. The Bertz CT molecular complexity index is 259. The van der Waals surface area contributed by atoms with Gasteiger partial charge in [-0.2, -0.15) is 5.10 Å². The van der Waals surface area contributed by atoms with Gasteiger partial charge in [0.15, 0.2) is 5.15 Å². The summed E-state index contributed by atoms with van der Waals surface area (Å²) in [5, 5.41) is 6.16. The molecule has 11 heavy (non-hydrogen) atoms. The first-order valence-corrected chi connectivity index (χ1v) is 3.50. The maximum atomic E-state index is 11.0. The highest BCUT2D eigenvalue weighted by Crippen LogP contribution is 2.11. The van der Waals surface area contributed by atoms with E-state index in [1.54, 1.807) is 6.92 Å². The third kappa shape index (κ3) is 1.71. The number of carbonyl (C=O) groups excluding carboxylic acids is 1. The van der Waals surface area contributed by atoms with E-state index < -0.39 is 5.97 Å². The SMILES string of the molecule is CCOC(=O)c1c[nH]nc1Cl. The molecule has 1 rings (SSSR count). The normalized spacial score (nSPS) is 9.64. The van der Waals surface area contributed by atoms with Crippen molar-refractivity contribution in [1.82, 2.24) is 10.2 Å². The summed E-state index contributed by atoms with van der Waals surface area (Å²) in [6.07, 6.45) is 1.40. The van der Waals surface area contributed by atoms with Gasteiger partial charge in [0.1, 0.15) is 5.56 Å². The molecule has 0 bridgehead atoms. The highest BCUT2D eigenvalue weighted by molar-refractivity contribution is 6.32. The maximum absolute atomic E-state index is 11.0. The molecule has 0 aliphatic rings. The minimum atomic E-state index is -0.453. The molecule has 0 fully saturated rings. The first kappa shape index (κ1) is 8.07. The Labute approximate surface area is 68.5 Å². The fourth-order valence-corrected chi connectivity index (χ4v) is 0.806. The number of hydrogen-bond donors (Lipinski definition) is 1. The van der Waals surface area contributed by atoms with Crippen LogP contribution in [0.15, 0.2) is 6.20 Å². The Kier molecular flexibility index (Phi) is 2.48. The molecule has 0 spiro atoms. The van der Waals surface area contributed by atoms with Gasteiger partial charge in [0, 0.05) is 6.20 Å². The quantitative estimate of drug-likeness (QED) is 0.687. The summed E-state index contributed by atoms with van der Waals surface area (Å²) in [6, 6.07) is 0. The van der Waals surface area contributed by atoms with Crippen molar-refractivity contribution >= 4 is 17.6 Å². The number of aromatic amines is 1. The van der Waals surface area contributed by atoms with Gasteiger partial charge in [0.25, 0.3) is 0 Å². The third-order valence-electron chi connectivity index (χ3n) is 1.09. The first-order valence-electron chi connectivity index (χ1n) is 3.12. The largest absolute Gasteiger partial charge is 0.462 e. The molecule has 0 unspecified atom stereocenters. The summed E-state index contributed by atoms with van der Waals surface area (Å²) in [5.74, 6) is -0.453. The smallest absolute Gasteiger partial charge is 0.342 e. The average Bonchev–Trinajstić information content (AvgIpc) is 2.36. The number of nitrogens with zero attached hydrogens (tertiary/aromatic N) is 1. The van der Waals surface area contributed by atoms with E-state index in [1.807, 2.05) is 0 Å². The van der Waals surface area contributed by atoms with Gasteiger partial charge in [-0.3, -0.25) is 5.10 Å². The topological polar surface area (TPSA) is 55.0 Å². The van der Waals surface area contributed by atoms with Crippen LogP contribution in [-0.4, -0.2) is 22.8 Å². The Balaban J connectivity index is 2.76. The molecule has 0 radical (unpaired) electrons. The number of rotatable bonds is 2. The fourth-order valence-electron chi connectivity index (χ4n) is 0.625. The van der Waals surface area contributed by atoms with Gasteiger partial charge in [-0.25, -0.2) is 4.79 Å². The maximum Gasteiger partial charge on any atom is 0.342 e. The van der Waals surface area contributed by atoms with Crippen molar-refractivity contribution in [1.29, 1.82) is 0 Å². The Hall–Kier alpha value is -1.03. The van der Waals surface area contributed by atoms with E-state index >= 15 is 0 Å². The second-order valence-electron chi connectivity index (χ2n) is 1.81. The van der Waals surface area contributed by atoms with E-state index in [-0.39, 0.29) is 10.7 Å². The standard InChI is InChI=1S/C6H7ClN2O2/c1-2-11-6(10)4-3-8-9-5(4)7/h3H,2H2,1H3,(H,8,9). The highest BCUT2D eigenvalue weighted by atomic mass is 35.5. The number of carbonyl (C=O) groups is 1. The minimum absolute atomic E-state index is 0.142. The van der Waals surface area contributed by atoms with E-state index in [1.165, 1.54) is 6.20 Å². The first-order chi connectivity index (χ1) is 5.25. The molecule has 1 aromatic heterocycles. The van der Waals surface area contributed by atoms with Crippen LogP contribution in [0, 0.1) is 0 Å². The third-order valence-corrected chi connectivity index (χ3v) is 1.38. The molecule has 1 N–H and O–H groups in total. The zero-order valence-corrected chi connectivity index (χ0v) is 6.68. The zero-order chi connectivity index (χ0) is 8.27. The molecule has 4 nitrogen and oxygen atoms in total. The van der Waals surface area contributed by atoms with E-state index in [2.05, 4.69) is 14.9 Å². The summed E-state index contributed by atoms with van der Waals surface area (Å²) >= 11 is 5.53. The Morgan fingerprint density at radius 2 is 2.64 bits per heavy atom. The average molecular weight is 175 g/mol. The van der Waals surface area contributed by atoms with Crippen molar-refractivity contribution < 1.29 is 9.53 Å². The number of nitrogens with one attached hydrogen (secondary N) is 1. The van der Waals surface area contributed by atoms with Crippen molar-refractivity contribution in [2.24, 2.45) is 0 Å². The van der Waals surface area contributed by atoms with Crippen LogP contribution in [0.2, 0.25) is 5.15 Å². The molecule has 60 valence electrons. The summed E-state index contributed by atoms with van der Waals surface area (Å²) in [4.78, 5) is 11.0. The Morgan fingerprint density at radius 1 is 1.91 bits per heavy atom. The molecule has 0 saturated carbocycles. The lowest BCUT2D eigenvalue weighted by Gasteiger charge is -1.96. The van der Waals surface area contributed by atoms with Crippen molar-refractivity contribution in [2.75, 3.05) is 6.61 Å². The van der Waals surface area contributed by atoms with Gasteiger partial charge >= 0.3 is 5.97 Å². The van der Waals surface area contributed by atoms with Crippen LogP contribution in [0.25, 0.3) is 0 Å². The van der Waals surface area contributed by atoms with Gasteiger partial charge < -0.3 is 4.74 Å². The second kappa shape index (κ2) is 3.39. The van der Waals surface area contributed by atoms with Crippen molar-refractivity contribution in [2.45, 2.75) is 6.92 Å². The van der Waals surface area contributed by atoms with Crippen LogP contribution >= 0.6 is 11.6 Å². The van der Waals surface area contributed by atoms with E-state index in [4.69, 9.17) is 11.6 Å². The van der Waals surface area contributed by atoms with Crippen molar-refractivity contribution in [3.05, 3.63) is 16.9 Å². The van der Waals surface area contributed by atoms with Crippen LogP contribution < -0.4 is 0 Å². The number of esters is 1. The molecule has 0 aromatic carbocycles. The van der Waals surface area contributed by atoms with E-state index in [0.717, 1.165) is 0 Å². The van der Waals surface area contributed by atoms with Gasteiger partial charge in [0.05, 0.1) is 6.61 Å². The molecule has 0 aliphatic carbocycles. The van der Waals surface area contributed by atoms with Crippen LogP contribution in [0.5, 0.6) is 0 Å². The van der Waals surface area contributed by atoms with Crippen molar-refractivity contribution in [3.63, 3.8) is 0 Å². The lowest BCUT2D eigenvalue weighted by Crippen LogP contribution is -2.03. The molecule has 5 heteroatoms. The number of hydrogen-bond acceptors (Lipinski definition) is 3. The van der Waals surface area contributed by atoms with Crippen LogP contribution in [-0.2, 0) is 4.74 Å². The molecule has 0 saturated heterocycles. The van der Waals surface area contributed by atoms with Crippen LogP contribution in [0.1, 0.15) is 17.3 Å². The molecule has 1 aromatic rings. The number of ether oxygens (including phenoxy) is 1. The second-order valence-corrected chi connectivity index (χ2v) is 2.17. The predicted molar refractivity (Wildman–Crippen MR) is 39.6 cm³/mol. The molecule has 0 aliphatic heterocycles. The van der Waals surface area contributed by atoms with Crippen LogP contribution in [0.4, 0.5) is 0 Å². The van der Waals surface area contributed by atoms with Gasteiger partial charge in [-0.15, -0.1) is 0 Å². The zero-order valence-electron chi connectivity index (χ0n) is 5.93. The summed E-state index contributed by atoms with van der Waals surface area (Å²) in [7, 11) is 0. The van der Waals surface area contributed by atoms with Crippen LogP contribution in [0.3, 0.4) is 0 Å². The van der Waals surface area contributed by atoms with E-state index in [0.29, 0.717) is 6.61 Å². The molecule has 0 atom stereocenters. The summed E-state index contributed by atoms with van der Waals surface area (Å²) in [5.41, 5.74) is 0.272. The molecular formula is C6H7ClN2O2.